The van der Waals surface area contributed by atoms with Crippen LogP contribution in [0, 0.1) is 11.7 Å². The molecule has 2 rings (SSSR count). The normalized spacial score (nSPS) is 11.5. The summed E-state index contributed by atoms with van der Waals surface area (Å²) in [6.45, 7) is 3.23. The van der Waals surface area contributed by atoms with Crippen molar-refractivity contribution in [1.82, 2.24) is 14.5 Å². The molecule has 6 nitrogen and oxygen atoms in total. The van der Waals surface area contributed by atoms with E-state index in [1.807, 2.05) is 50.2 Å². The number of rotatable bonds is 5. The van der Waals surface area contributed by atoms with Gasteiger partial charge in [0, 0.05) is 12.8 Å². The second kappa shape index (κ2) is 7.34. The number of aromatic nitrogens is 2. The van der Waals surface area contributed by atoms with Gasteiger partial charge in [-0.3, -0.25) is 19.3 Å². The molecule has 122 valence electrons. The summed E-state index contributed by atoms with van der Waals surface area (Å²) in [6.07, 6.45) is 1.39. The lowest BCUT2D eigenvalue weighted by atomic mass is 10.2. The fraction of sp³-hybridized carbons (Fsp3) is 0.312. The zero-order valence-electron chi connectivity index (χ0n) is 13.4. The van der Waals surface area contributed by atoms with Crippen molar-refractivity contribution in [2.45, 2.75) is 6.92 Å². The average molecular weight is 332 g/mol. The molecule has 0 saturated heterocycles. The van der Waals surface area contributed by atoms with Crippen LogP contribution >= 0.6 is 12.2 Å². The van der Waals surface area contributed by atoms with Crippen LogP contribution in [-0.4, -0.2) is 53.0 Å². The van der Waals surface area contributed by atoms with Crippen LogP contribution < -0.4 is 5.56 Å². The number of hydrogen-bond acceptors (Lipinski definition) is 5. The van der Waals surface area contributed by atoms with E-state index in [0.717, 1.165) is 12.1 Å². The zero-order valence-corrected chi connectivity index (χ0v) is 14.2. The number of aliphatic imine (C=N–C) groups is 1. The average Bonchev–Trinajstić information content (AvgIpc) is 2.45. The van der Waals surface area contributed by atoms with E-state index in [0.29, 0.717) is 12.2 Å². The largest absolute Gasteiger partial charge is 0.494 e. The van der Waals surface area contributed by atoms with Gasteiger partial charge in [0.2, 0.25) is 5.88 Å². The predicted molar refractivity (Wildman–Crippen MR) is 94.6 cm³/mol. The lowest BCUT2D eigenvalue weighted by molar-refractivity contribution is 0.420. The molecule has 0 amide bonds. The summed E-state index contributed by atoms with van der Waals surface area (Å²) in [5, 5.41) is 10.5. The second-order valence-electron chi connectivity index (χ2n) is 5.51. The minimum atomic E-state index is -0.454. The van der Waals surface area contributed by atoms with E-state index in [-0.39, 0.29) is 16.2 Å². The number of benzene rings is 1. The van der Waals surface area contributed by atoms with Crippen molar-refractivity contribution >= 4 is 18.4 Å². The molecule has 1 heterocycles. The first-order chi connectivity index (χ1) is 10.9. The minimum absolute atomic E-state index is 0.0962. The Morgan fingerprint density at radius 3 is 2.83 bits per heavy atom. The van der Waals surface area contributed by atoms with Gasteiger partial charge in [-0.2, -0.15) is 0 Å². The molecule has 23 heavy (non-hydrogen) atoms. The quantitative estimate of drug-likeness (QED) is 0.648. The molecule has 0 atom stereocenters. The molecule has 1 aromatic heterocycles. The van der Waals surface area contributed by atoms with E-state index in [2.05, 4.69) is 9.98 Å². The summed E-state index contributed by atoms with van der Waals surface area (Å²) >= 11 is 5.18. The van der Waals surface area contributed by atoms with Crippen LogP contribution in [0.1, 0.15) is 11.1 Å². The van der Waals surface area contributed by atoms with Crippen LogP contribution in [0.3, 0.4) is 0 Å². The molecule has 1 aromatic carbocycles. The van der Waals surface area contributed by atoms with Gasteiger partial charge < -0.3 is 10.0 Å². The Kier molecular flexibility index (Phi) is 5.46. The molecule has 0 saturated carbocycles. The highest BCUT2D eigenvalue weighted by atomic mass is 32.1. The standard InChI is InChI=1S/C16H20N4O2S/c1-11-5-4-6-12(9-11)20-15(22)13(14(21)18-16(20)23)10-17-7-8-19(2)3/h4-6,9-10,22H,7-8H2,1-3H3,(H,18,21,23). The first-order valence-electron chi connectivity index (χ1n) is 7.20. The molecular formula is C16H20N4O2S. The Morgan fingerprint density at radius 2 is 2.17 bits per heavy atom. The highest BCUT2D eigenvalue weighted by Gasteiger charge is 2.12. The maximum atomic E-state index is 12.0. The van der Waals surface area contributed by atoms with E-state index in [1.165, 1.54) is 10.8 Å². The van der Waals surface area contributed by atoms with Gasteiger partial charge in [-0.25, -0.2) is 0 Å². The van der Waals surface area contributed by atoms with E-state index in [1.54, 1.807) is 0 Å². The van der Waals surface area contributed by atoms with Gasteiger partial charge >= 0.3 is 0 Å². The molecule has 0 bridgehead atoms. The van der Waals surface area contributed by atoms with Crippen molar-refractivity contribution in [3.05, 3.63) is 50.5 Å². The summed E-state index contributed by atoms with van der Waals surface area (Å²) in [7, 11) is 3.88. The van der Waals surface area contributed by atoms with Crippen molar-refractivity contribution < 1.29 is 5.11 Å². The molecule has 0 aliphatic rings. The number of aryl methyl sites for hydroxylation is 1. The number of H-pyrrole nitrogens is 1. The highest BCUT2D eigenvalue weighted by Crippen LogP contribution is 2.19. The fourth-order valence-corrected chi connectivity index (χ4v) is 2.36. The summed E-state index contributed by atoms with van der Waals surface area (Å²) < 4.78 is 1.57. The lowest BCUT2D eigenvalue weighted by Gasteiger charge is -2.11. The first kappa shape index (κ1) is 17.1. The number of nitrogens with zero attached hydrogens (tertiary/aromatic N) is 3. The fourth-order valence-electron chi connectivity index (χ4n) is 2.08. The Bertz CT molecular complexity index is 837. The third-order valence-electron chi connectivity index (χ3n) is 3.28. The van der Waals surface area contributed by atoms with Crippen LogP contribution in [0.4, 0.5) is 0 Å². The zero-order chi connectivity index (χ0) is 17.0. The van der Waals surface area contributed by atoms with Crippen molar-refractivity contribution in [2.75, 3.05) is 27.2 Å². The molecule has 0 unspecified atom stereocenters. The monoisotopic (exact) mass is 332 g/mol. The SMILES string of the molecule is Cc1cccc(-n2c(O)c(C=NCCN(C)C)c(=O)[nH]c2=S)c1. The van der Waals surface area contributed by atoms with Crippen LogP contribution in [0.25, 0.3) is 5.69 Å². The smallest absolute Gasteiger partial charge is 0.264 e. The summed E-state index contributed by atoms with van der Waals surface area (Å²) in [4.78, 5) is 20.8. The molecule has 7 heteroatoms. The third kappa shape index (κ3) is 4.14. The summed E-state index contributed by atoms with van der Waals surface area (Å²) in [5.41, 5.74) is 1.35. The maximum Gasteiger partial charge on any atom is 0.264 e. The molecule has 2 aromatic rings. The number of aromatic hydroxyl groups is 1. The second-order valence-corrected chi connectivity index (χ2v) is 5.90. The Hall–Kier alpha value is -2.25. The van der Waals surface area contributed by atoms with Gasteiger partial charge in [-0.1, -0.05) is 12.1 Å². The van der Waals surface area contributed by atoms with Crippen molar-refractivity contribution in [3.63, 3.8) is 0 Å². The van der Waals surface area contributed by atoms with Gasteiger partial charge in [0.15, 0.2) is 4.77 Å². The van der Waals surface area contributed by atoms with Gasteiger partial charge in [0.1, 0.15) is 5.56 Å². The molecule has 0 aliphatic heterocycles. The minimum Gasteiger partial charge on any atom is -0.494 e. The predicted octanol–water partition coefficient (Wildman–Crippen LogP) is 1.89. The van der Waals surface area contributed by atoms with Crippen LogP contribution in [0.2, 0.25) is 0 Å². The first-order valence-corrected chi connectivity index (χ1v) is 7.61. The molecule has 0 fully saturated rings. The van der Waals surface area contributed by atoms with Gasteiger partial charge in [0.25, 0.3) is 5.56 Å². The Balaban J connectivity index is 2.48. The molecule has 0 radical (unpaired) electrons. The van der Waals surface area contributed by atoms with Gasteiger partial charge in [0.05, 0.1) is 12.2 Å². The third-order valence-corrected chi connectivity index (χ3v) is 3.56. The Labute approximate surface area is 139 Å². The maximum absolute atomic E-state index is 12.0. The Morgan fingerprint density at radius 1 is 1.43 bits per heavy atom. The van der Waals surface area contributed by atoms with Gasteiger partial charge in [-0.15, -0.1) is 0 Å². The van der Waals surface area contributed by atoms with E-state index >= 15 is 0 Å². The highest BCUT2D eigenvalue weighted by molar-refractivity contribution is 7.71. The van der Waals surface area contributed by atoms with Crippen LogP contribution in [0.15, 0.2) is 34.1 Å². The summed E-state index contributed by atoms with van der Waals surface area (Å²) in [5.74, 6) is -0.210. The number of aromatic amines is 1. The molecule has 0 spiro atoms. The molecule has 2 N–H and O–H groups in total. The van der Waals surface area contributed by atoms with Crippen molar-refractivity contribution in [3.8, 4) is 11.6 Å². The van der Waals surface area contributed by atoms with Crippen molar-refractivity contribution in [1.29, 1.82) is 0 Å². The number of hydrogen-bond donors (Lipinski definition) is 2. The molecular weight excluding hydrogens is 312 g/mol. The van der Waals surface area contributed by atoms with Crippen molar-refractivity contribution in [2.24, 2.45) is 4.99 Å². The number of likely N-dealkylation sites (N-methyl/N-ethyl adjacent to an activating group) is 1. The van der Waals surface area contributed by atoms with E-state index in [9.17, 15) is 9.90 Å². The topological polar surface area (TPSA) is 73.6 Å². The van der Waals surface area contributed by atoms with Crippen LogP contribution in [0.5, 0.6) is 5.88 Å². The van der Waals surface area contributed by atoms with E-state index in [4.69, 9.17) is 12.2 Å². The van der Waals surface area contributed by atoms with Gasteiger partial charge in [-0.05, 0) is 50.9 Å². The summed E-state index contributed by atoms with van der Waals surface area (Å²) in [6, 6.07) is 7.50. The molecule has 0 aliphatic carbocycles. The lowest BCUT2D eigenvalue weighted by Crippen LogP contribution is -2.19. The van der Waals surface area contributed by atoms with E-state index < -0.39 is 5.56 Å². The number of nitrogens with one attached hydrogen (secondary N) is 1. The van der Waals surface area contributed by atoms with Crippen LogP contribution in [-0.2, 0) is 0 Å².